The van der Waals surface area contributed by atoms with Gasteiger partial charge in [0.2, 0.25) is 0 Å². The van der Waals surface area contributed by atoms with Gasteiger partial charge < -0.3 is 0 Å². The highest BCUT2D eigenvalue weighted by Gasteiger charge is 2.23. The van der Waals surface area contributed by atoms with Crippen molar-refractivity contribution in [3.8, 4) is 6.07 Å². The van der Waals surface area contributed by atoms with Crippen LogP contribution in [0.4, 0.5) is 0 Å². The van der Waals surface area contributed by atoms with E-state index >= 15 is 0 Å². The Bertz CT molecular complexity index is 187. The normalized spacial score (nSPS) is 21.6. The fourth-order valence-corrected chi connectivity index (χ4v) is 3.30. The van der Waals surface area contributed by atoms with Crippen molar-refractivity contribution in [2.45, 2.75) is 62.9 Å². The SMILES string of the molecule is CC(C)SC(C#N)C1CCCCCC1. The molecule has 1 fully saturated rings. The number of nitriles is 1. The third-order valence-electron chi connectivity index (χ3n) is 2.87. The van der Waals surface area contributed by atoms with Crippen LogP contribution >= 0.6 is 11.8 Å². The van der Waals surface area contributed by atoms with Gasteiger partial charge in [-0.25, -0.2) is 0 Å². The van der Waals surface area contributed by atoms with Crippen LogP contribution in [0.1, 0.15) is 52.4 Å². The molecule has 0 aliphatic heterocycles. The van der Waals surface area contributed by atoms with Crippen LogP contribution in [0.3, 0.4) is 0 Å². The molecule has 0 bridgehead atoms. The highest BCUT2D eigenvalue weighted by molar-refractivity contribution is 8.00. The first-order valence-electron chi connectivity index (χ1n) is 5.79. The van der Waals surface area contributed by atoms with Crippen molar-refractivity contribution in [1.29, 1.82) is 5.26 Å². The smallest absolute Gasteiger partial charge is 0.0947 e. The quantitative estimate of drug-likeness (QED) is 0.659. The Labute approximate surface area is 92.3 Å². The van der Waals surface area contributed by atoms with Crippen LogP contribution in [0.5, 0.6) is 0 Å². The Balaban J connectivity index is 2.45. The van der Waals surface area contributed by atoms with E-state index in [4.69, 9.17) is 5.26 Å². The van der Waals surface area contributed by atoms with Crippen molar-refractivity contribution in [2.75, 3.05) is 0 Å². The molecule has 1 rings (SSSR count). The Hall–Kier alpha value is -0.160. The van der Waals surface area contributed by atoms with Gasteiger partial charge in [0.25, 0.3) is 0 Å². The molecule has 0 saturated heterocycles. The van der Waals surface area contributed by atoms with Crippen molar-refractivity contribution < 1.29 is 0 Å². The summed E-state index contributed by atoms with van der Waals surface area (Å²) in [7, 11) is 0. The maximum Gasteiger partial charge on any atom is 0.0947 e. The van der Waals surface area contributed by atoms with Crippen molar-refractivity contribution in [3.63, 3.8) is 0 Å². The maximum absolute atomic E-state index is 9.15. The van der Waals surface area contributed by atoms with Gasteiger partial charge in [-0.1, -0.05) is 39.5 Å². The number of nitrogens with zero attached hydrogens (tertiary/aromatic N) is 1. The van der Waals surface area contributed by atoms with E-state index in [-0.39, 0.29) is 5.25 Å². The topological polar surface area (TPSA) is 23.8 Å². The number of hydrogen-bond donors (Lipinski definition) is 0. The van der Waals surface area contributed by atoms with E-state index in [1.54, 1.807) is 0 Å². The standard InChI is InChI=1S/C12H21NS/c1-10(2)14-12(9-13)11-7-5-3-4-6-8-11/h10-12H,3-8H2,1-2H3. The average Bonchev–Trinajstić information content (AvgIpc) is 2.41. The summed E-state index contributed by atoms with van der Waals surface area (Å²) in [6.07, 6.45) is 7.97. The minimum absolute atomic E-state index is 0.244. The molecule has 0 aromatic rings. The second-order valence-electron chi connectivity index (χ2n) is 4.49. The van der Waals surface area contributed by atoms with Gasteiger partial charge in [0, 0.05) is 5.25 Å². The highest BCUT2D eigenvalue weighted by Crippen LogP contribution is 2.33. The van der Waals surface area contributed by atoms with E-state index in [9.17, 15) is 0 Å². The molecule has 0 N–H and O–H groups in total. The summed E-state index contributed by atoms with van der Waals surface area (Å²) in [6.45, 7) is 4.37. The largest absolute Gasteiger partial charge is 0.197 e. The van der Waals surface area contributed by atoms with E-state index < -0.39 is 0 Å². The molecule has 0 aromatic carbocycles. The summed E-state index contributed by atoms with van der Waals surface area (Å²) >= 11 is 1.85. The number of thioether (sulfide) groups is 1. The zero-order chi connectivity index (χ0) is 10.4. The lowest BCUT2D eigenvalue weighted by Crippen LogP contribution is -2.17. The summed E-state index contributed by atoms with van der Waals surface area (Å²) in [5.41, 5.74) is 0. The Kier molecular flexibility index (Phi) is 5.40. The van der Waals surface area contributed by atoms with Gasteiger partial charge in [-0.2, -0.15) is 5.26 Å². The van der Waals surface area contributed by atoms with Gasteiger partial charge in [-0.3, -0.25) is 0 Å². The fourth-order valence-electron chi connectivity index (χ4n) is 2.15. The van der Waals surface area contributed by atoms with Crippen molar-refractivity contribution in [2.24, 2.45) is 5.92 Å². The minimum Gasteiger partial charge on any atom is -0.197 e. The Morgan fingerprint density at radius 3 is 2.14 bits per heavy atom. The maximum atomic E-state index is 9.15. The van der Waals surface area contributed by atoms with Crippen LogP contribution in [0, 0.1) is 17.2 Å². The molecular weight excluding hydrogens is 190 g/mol. The van der Waals surface area contributed by atoms with Gasteiger partial charge in [0.05, 0.1) is 11.3 Å². The van der Waals surface area contributed by atoms with Crippen LogP contribution in [0.25, 0.3) is 0 Å². The van der Waals surface area contributed by atoms with Gasteiger partial charge in [-0.15, -0.1) is 11.8 Å². The molecule has 1 aliphatic rings. The molecule has 14 heavy (non-hydrogen) atoms. The van der Waals surface area contributed by atoms with Gasteiger partial charge >= 0.3 is 0 Å². The Morgan fingerprint density at radius 1 is 1.14 bits per heavy atom. The summed E-state index contributed by atoms with van der Waals surface area (Å²) < 4.78 is 0. The minimum atomic E-state index is 0.244. The first-order valence-corrected chi connectivity index (χ1v) is 6.73. The summed E-state index contributed by atoms with van der Waals surface area (Å²) in [6, 6.07) is 2.49. The second-order valence-corrected chi connectivity index (χ2v) is 6.21. The lowest BCUT2D eigenvalue weighted by atomic mass is 9.97. The molecule has 0 heterocycles. The van der Waals surface area contributed by atoms with E-state index in [0.29, 0.717) is 11.2 Å². The van der Waals surface area contributed by atoms with Crippen LogP contribution in [0.15, 0.2) is 0 Å². The van der Waals surface area contributed by atoms with Crippen LogP contribution < -0.4 is 0 Å². The molecule has 0 aromatic heterocycles. The molecule has 2 heteroatoms. The monoisotopic (exact) mass is 211 g/mol. The van der Waals surface area contributed by atoms with Crippen LogP contribution in [-0.2, 0) is 0 Å². The third kappa shape index (κ3) is 3.92. The molecule has 0 radical (unpaired) electrons. The number of hydrogen-bond acceptors (Lipinski definition) is 2. The molecule has 80 valence electrons. The molecule has 1 aliphatic carbocycles. The molecule has 1 nitrogen and oxygen atoms in total. The lowest BCUT2D eigenvalue weighted by Gasteiger charge is -2.21. The van der Waals surface area contributed by atoms with Crippen molar-refractivity contribution in [3.05, 3.63) is 0 Å². The first-order chi connectivity index (χ1) is 6.74. The zero-order valence-electron chi connectivity index (χ0n) is 9.33. The fraction of sp³-hybridized carbons (Fsp3) is 0.917. The zero-order valence-corrected chi connectivity index (χ0v) is 10.1. The van der Waals surface area contributed by atoms with Gasteiger partial charge in [0.1, 0.15) is 0 Å². The van der Waals surface area contributed by atoms with Gasteiger partial charge in [-0.05, 0) is 18.8 Å². The van der Waals surface area contributed by atoms with Crippen molar-refractivity contribution >= 4 is 11.8 Å². The van der Waals surface area contributed by atoms with E-state index in [1.807, 2.05) is 11.8 Å². The second kappa shape index (κ2) is 6.35. The predicted octanol–water partition coefficient (Wildman–Crippen LogP) is 3.99. The summed E-state index contributed by atoms with van der Waals surface area (Å²) in [5.74, 6) is 0.662. The third-order valence-corrected chi connectivity index (χ3v) is 4.20. The summed E-state index contributed by atoms with van der Waals surface area (Å²) in [5, 5.41) is 9.98. The lowest BCUT2D eigenvalue weighted by molar-refractivity contribution is 0.478. The first kappa shape index (κ1) is 11.9. The Morgan fingerprint density at radius 2 is 1.71 bits per heavy atom. The predicted molar refractivity (Wildman–Crippen MR) is 63.3 cm³/mol. The highest BCUT2D eigenvalue weighted by atomic mass is 32.2. The molecule has 1 saturated carbocycles. The van der Waals surface area contributed by atoms with Crippen LogP contribution in [-0.4, -0.2) is 10.5 Å². The molecule has 1 unspecified atom stereocenters. The summed E-state index contributed by atoms with van der Waals surface area (Å²) in [4.78, 5) is 0. The van der Waals surface area contributed by atoms with E-state index in [0.717, 1.165) is 0 Å². The van der Waals surface area contributed by atoms with Crippen LogP contribution in [0.2, 0.25) is 0 Å². The molecule has 0 amide bonds. The molecule has 0 spiro atoms. The van der Waals surface area contributed by atoms with E-state index in [2.05, 4.69) is 19.9 Å². The number of rotatable bonds is 3. The van der Waals surface area contributed by atoms with Gasteiger partial charge in [0.15, 0.2) is 0 Å². The average molecular weight is 211 g/mol. The van der Waals surface area contributed by atoms with Crippen molar-refractivity contribution in [1.82, 2.24) is 0 Å². The van der Waals surface area contributed by atoms with E-state index in [1.165, 1.54) is 38.5 Å². The molecule has 1 atom stereocenters. The molecular formula is C12H21NS.